The molecule has 0 spiro atoms. The third-order valence-electron chi connectivity index (χ3n) is 11.7. The Morgan fingerprint density at radius 1 is 1.00 bits per heavy atom. The fourth-order valence-electron chi connectivity index (χ4n) is 5.93. The molecule has 7 nitrogen and oxygen atoms in total. The maximum Gasteiger partial charge on any atom is 0.306 e. The van der Waals surface area contributed by atoms with Crippen LogP contribution in [0.5, 0.6) is 0 Å². The second-order valence-corrected chi connectivity index (χ2v) is 27.6. The van der Waals surface area contributed by atoms with E-state index in [1.165, 1.54) is 0 Å². The molecule has 1 fully saturated rings. The Kier molecular flexibility index (Phi) is 16.7. The lowest BCUT2D eigenvalue weighted by molar-refractivity contribution is -0.225. The summed E-state index contributed by atoms with van der Waals surface area (Å²) in [5.74, 6) is -0.0651. The standard InChI is InChI=1S/C41H74O7Si2/c1-16-45-37(42)29-34(23-22-32(2)30-46-49(12,13)38(3,4)5)28-36-40(9,43-11)25-24-35(47-36)41(10,48-50(14,15)39(6,7)8)26-27-44-31-33-20-18-17-19-21-33/h17-23,32,34-36H,16,24-31H2,1-15H3/b23-22+/t32-,34+,35-,36-,40+,41+/m1/s1. The molecule has 1 aliphatic heterocycles. The van der Waals surface area contributed by atoms with Gasteiger partial charge in [0.25, 0.3) is 0 Å². The van der Waals surface area contributed by atoms with Crippen LogP contribution in [0.4, 0.5) is 0 Å². The number of ether oxygens (including phenoxy) is 4. The van der Waals surface area contributed by atoms with E-state index in [0.717, 1.165) is 18.4 Å². The molecule has 2 rings (SSSR count). The van der Waals surface area contributed by atoms with Crippen LogP contribution in [0.2, 0.25) is 36.3 Å². The van der Waals surface area contributed by atoms with E-state index < -0.39 is 27.8 Å². The highest BCUT2D eigenvalue weighted by Gasteiger charge is 2.51. The third-order valence-corrected chi connectivity index (χ3v) is 20.8. The average Bonchev–Trinajstić information content (AvgIpc) is 3.01. The van der Waals surface area contributed by atoms with Gasteiger partial charge in [-0.3, -0.25) is 4.79 Å². The van der Waals surface area contributed by atoms with Crippen LogP contribution in [0.25, 0.3) is 0 Å². The van der Waals surface area contributed by atoms with Crippen LogP contribution in [0.15, 0.2) is 42.5 Å². The summed E-state index contributed by atoms with van der Waals surface area (Å²) in [5, 5.41) is 0.188. The smallest absolute Gasteiger partial charge is 0.306 e. The van der Waals surface area contributed by atoms with Crippen LogP contribution >= 0.6 is 0 Å². The minimum Gasteiger partial charge on any atom is -0.466 e. The zero-order valence-corrected chi connectivity index (χ0v) is 36.6. The highest BCUT2D eigenvalue weighted by molar-refractivity contribution is 6.74. The van der Waals surface area contributed by atoms with E-state index in [9.17, 15) is 4.79 Å². The number of esters is 1. The highest BCUT2D eigenvalue weighted by atomic mass is 28.4. The van der Waals surface area contributed by atoms with Crippen molar-refractivity contribution >= 4 is 22.6 Å². The molecule has 0 aliphatic carbocycles. The molecule has 0 unspecified atom stereocenters. The number of methoxy groups -OCH3 is 1. The van der Waals surface area contributed by atoms with E-state index in [1.807, 2.05) is 25.1 Å². The van der Waals surface area contributed by atoms with Crippen molar-refractivity contribution in [2.45, 2.75) is 168 Å². The fraction of sp³-hybridized carbons (Fsp3) is 0.780. The van der Waals surface area contributed by atoms with Gasteiger partial charge in [-0.15, -0.1) is 0 Å². The number of allylic oxidation sites excluding steroid dienone is 1. The Morgan fingerprint density at radius 2 is 1.62 bits per heavy atom. The van der Waals surface area contributed by atoms with Crippen molar-refractivity contribution in [3.05, 3.63) is 48.0 Å². The van der Waals surface area contributed by atoms with Crippen LogP contribution in [0.1, 0.15) is 107 Å². The fourth-order valence-corrected chi connectivity index (χ4v) is 8.74. The molecular weight excluding hydrogens is 661 g/mol. The van der Waals surface area contributed by atoms with Gasteiger partial charge in [-0.2, -0.15) is 0 Å². The Hall–Kier alpha value is -1.34. The van der Waals surface area contributed by atoms with Crippen molar-refractivity contribution in [1.82, 2.24) is 0 Å². The minimum absolute atomic E-state index is 0.0365. The van der Waals surface area contributed by atoms with Gasteiger partial charge < -0.3 is 27.8 Å². The minimum atomic E-state index is -2.18. The van der Waals surface area contributed by atoms with E-state index in [-0.39, 0.29) is 46.5 Å². The van der Waals surface area contributed by atoms with E-state index >= 15 is 0 Å². The van der Waals surface area contributed by atoms with Crippen molar-refractivity contribution in [3.63, 3.8) is 0 Å². The first-order chi connectivity index (χ1) is 23.0. The van der Waals surface area contributed by atoms with E-state index in [0.29, 0.717) is 39.3 Å². The lowest BCUT2D eigenvalue weighted by atomic mass is 9.79. The van der Waals surface area contributed by atoms with Crippen LogP contribution < -0.4 is 0 Å². The van der Waals surface area contributed by atoms with Crippen molar-refractivity contribution in [2.24, 2.45) is 11.8 Å². The zero-order chi connectivity index (χ0) is 38.0. The first-order valence-corrected chi connectivity index (χ1v) is 24.8. The molecule has 1 heterocycles. The highest BCUT2D eigenvalue weighted by Crippen LogP contribution is 2.45. The van der Waals surface area contributed by atoms with Gasteiger partial charge in [-0.05, 0) is 93.7 Å². The zero-order valence-electron chi connectivity index (χ0n) is 34.6. The monoisotopic (exact) mass is 734 g/mol. The summed E-state index contributed by atoms with van der Waals surface area (Å²) in [7, 11) is -2.28. The molecule has 288 valence electrons. The summed E-state index contributed by atoms with van der Waals surface area (Å²) in [6.07, 6.45) is 7.25. The van der Waals surface area contributed by atoms with Crippen molar-refractivity contribution in [2.75, 3.05) is 26.9 Å². The normalized spacial score (nSPS) is 23.4. The first kappa shape index (κ1) is 44.8. The van der Waals surface area contributed by atoms with Gasteiger partial charge in [0.05, 0.1) is 43.0 Å². The SMILES string of the molecule is CCOC(=O)C[C@@H](/C=C/[C@@H](C)CO[Si](C)(C)C(C)(C)C)C[C@H]1O[C@@H]([C@](C)(CCOCc2ccccc2)O[Si](C)(C)C(C)(C)C)CC[C@]1(C)OC. The number of hydrogen-bond acceptors (Lipinski definition) is 7. The summed E-state index contributed by atoms with van der Waals surface area (Å²) < 4.78 is 38.8. The molecule has 0 saturated carbocycles. The molecule has 1 aliphatic rings. The molecule has 0 amide bonds. The Morgan fingerprint density at radius 3 is 2.18 bits per heavy atom. The molecule has 0 bridgehead atoms. The average molecular weight is 735 g/mol. The maximum atomic E-state index is 12.9. The molecular formula is C41H74O7Si2. The first-order valence-electron chi connectivity index (χ1n) is 19.0. The molecule has 0 N–H and O–H groups in total. The topological polar surface area (TPSA) is 72.5 Å². The molecule has 6 atom stereocenters. The molecule has 0 radical (unpaired) electrons. The molecule has 50 heavy (non-hydrogen) atoms. The molecule has 1 aromatic rings. The van der Waals surface area contributed by atoms with Gasteiger partial charge in [0.15, 0.2) is 16.6 Å². The number of carbonyl (C=O) groups is 1. The quantitative estimate of drug-likeness (QED) is 0.0606. The lowest BCUT2D eigenvalue weighted by Crippen LogP contribution is -2.60. The van der Waals surface area contributed by atoms with Gasteiger partial charge >= 0.3 is 5.97 Å². The van der Waals surface area contributed by atoms with E-state index in [1.54, 1.807) is 7.11 Å². The summed E-state index contributed by atoms with van der Waals surface area (Å²) in [6, 6.07) is 10.3. The van der Waals surface area contributed by atoms with Crippen LogP contribution in [0.3, 0.4) is 0 Å². The number of rotatable bonds is 19. The molecule has 1 saturated heterocycles. The third kappa shape index (κ3) is 13.3. The predicted octanol–water partition coefficient (Wildman–Crippen LogP) is 10.5. The summed E-state index contributed by atoms with van der Waals surface area (Å²) in [4.78, 5) is 12.9. The molecule has 0 aromatic heterocycles. The maximum absolute atomic E-state index is 12.9. The van der Waals surface area contributed by atoms with Crippen LogP contribution in [-0.2, 0) is 39.2 Å². The second-order valence-electron chi connectivity index (χ2n) is 18.1. The summed E-state index contributed by atoms with van der Waals surface area (Å²) >= 11 is 0. The van der Waals surface area contributed by atoms with Crippen molar-refractivity contribution in [1.29, 1.82) is 0 Å². The number of hydrogen-bond donors (Lipinski definition) is 0. The summed E-state index contributed by atoms with van der Waals surface area (Å²) in [6.45, 7) is 33.4. The van der Waals surface area contributed by atoms with Gasteiger partial charge in [-0.1, -0.05) is 91.0 Å². The van der Waals surface area contributed by atoms with Gasteiger partial charge in [-0.25, -0.2) is 0 Å². The summed E-state index contributed by atoms with van der Waals surface area (Å²) in [5.41, 5.74) is 0.0939. The lowest BCUT2D eigenvalue weighted by Gasteiger charge is -2.52. The van der Waals surface area contributed by atoms with Crippen LogP contribution in [-0.4, -0.2) is 72.9 Å². The Bertz CT molecular complexity index is 1190. The number of carbonyl (C=O) groups excluding carboxylic acids is 1. The van der Waals surface area contributed by atoms with E-state index in [2.05, 4.69) is 113 Å². The van der Waals surface area contributed by atoms with Crippen LogP contribution in [0, 0.1) is 11.8 Å². The molecule has 1 aromatic carbocycles. The van der Waals surface area contributed by atoms with Crippen molar-refractivity contribution in [3.8, 4) is 0 Å². The van der Waals surface area contributed by atoms with Gasteiger partial charge in [0.1, 0.15) is 0 Å². The second kappa shape index (κ2) is 18.6. The predicted molar refractivity (Wildman–Crippen MR) is 212 cm³/mol. The van der Waals surface area contributed by atoms with Gasteiger partial charge in [0.2, 0.25) is 0 Å². The number of benzene rings is 1. The largest absolute Gasteiger partial charge is 0.466 e. The Balaban J connectivity index is 2.34. The van der Waals surface area contributed by atoms with Crippen molar-refractivity contribution < 1.29 is 32.6 Å². The molecule has 9 heteroatoms. The Labute approximate surface area is 308 Å². The van der Waals surface area contributed by atoms with Gasteiger partial charge in [0, 0.05) is 26.7 Å². The van der Waals surface area contributed by atoms with E-state index in [4.69, 9.17) is 27.8 Å².